The molecule has 0 aliphatic rings. The predicted molar refractivity (Wildman–Crippen MR) is 72.9 cm³/mol. The zero-order valence-electron chi connectivity index (χ0n) is 12.0. The molecule has 0 aliphatic carbocycles. The Morgan fingerprint density at radius 3 is 1.94 bits per heavy atom. The standard InChI is InChI=1S/C9H20NO.C6H5.Y/c1-7(2)6-9(4,5)8(3)11-10;1-2-4-6-5-3-1;/h7-8H,1,6,10H2,2-5H3;1-5H;/q2*-1;. The quantitative estimate of drug-likeness (QED) is 0.678. The summed E-state index contributed by atoms with van der Waals surface area (Å²) in [6.07, 6.45) is 1.12. The third-order valence-electron chi connectivity index (χ3n) is 2.79. The van der Waals surface area contributed by atoms with Crippen molar-refractivity contribution in [1.82, 2.24) is 0 Å². The first kappa shape index (κ1) is 20.6. The van der Waals surface area contributed by atoms with Crippen molar-refractivity contribution in [1.29, 1.82) is 0 Å². The van der Waals surface area contributed by atoms with Crippen LogP contribution in [0, 0.1) is 24.3 Å². The Kier molecular flexibility index (Phi) is 12.7. The van der Waals surface area contributed by atoms with Crippen LogP contribution in [0.2, 0.25) is 0 Å². The van der Waals surface area contributed by atoms with Crippen LogP contribution in [0.5, 0.6) is 0 Å². The molecular formula is C15H25NOY-2. The maximum Gasteiger partial charge on any atom is 0.0809 e. The zero-order valence-corrected chi connectivity index (χ0v) is 14.9. The second-order valence-corrected chi connectivity index (χ2v) is 5.15. The van der Waals surface area contributed by atoms with E-state index in [2.05, 4.69) is 33.8 Å². The van der Waals surface area contributed by atoms with Gasteiger partial charge in [-0.3, -0.25) is 0 Å². The molecule has 101 valence electrons. The summed E-state index contributed by atoms with van der Waals surface area (Å²) in [5.74, 6) is 5.56. The molecule has 3 heteroatoms. The first-order valence-electron chi connectivity index (χ1n) is 6.00. The first-order valence-corrected chi connectivity index (χ1v) is 6.00. The fourth-order valence-electron chi connectivity index (χ4n) is 1.59. The van der Waals surface area contributed by atoms with Crippen molar-refractivity contribution in [2.45, 2.75) is 40.2 Å². The zero-order chi connectivity index (χ0) is 13.3. The molecule has 2 nitrogen and oxygen atoms in total. The van der Waals surface area contributed by atoms with E-state index in [1.807, 2.05) is 37.3 Å². The molecule has 18 heavy (non-hydrogen) atoms. The molecule has 1 rings (SSSR count). The Labute approximate surface area is 138 Å². The third-order valence-corrected chi connectivity index (χ3v) is 2.79. The van der Waals surface area contributed by atoms with Gasteiger partial charge in [-0.25, -0.2) is 5.90 Å². The minimum absolute atomic E-state index is 0. The SMILES string of the molecule is [CH2-]C(C)CC(C)(C)C(C)ON.[Y].[c-]1ccccc1. The molecule has 1 radical (unpaired) electrons. The number of hydrogen-bond acceptors (Lipinski definition) is 2. The molecule has 0 bridgehead atoms. The topological polar surface area (TPSA) is 35.2 Å². The molecular weight excluding hydrogens is 299 g/mol. The number of rotatable bonds is 4. The van der Waals surface area contributed by atoms with Crippen molar-refractivity contribution in [3.05, 3.63) is 43.3 Å². The van der Waals surface area contributed by atoms with Crippen molar-refractivity contribution in [3.8, 4) is 0 Å². The third kappa shape index (κ3) is 10.2. The van der Waals surface area contributed by atoms with Crippen LogP contribution in [-0.4, -0.2) is 6.10 Å². The van der Waals surface area contributed by atoms with Crippen molar-refractivity contribution >= 4 is 0 Å². The van der Waals surface area contributed by atoms with Crippen LogP contribution in [0.3, 0.4) is 0 Å². The van der Waals surface area contributed by atoms with Crippen LogP contribution in [0.25, 0.3) is 0 Å². The van der Waals surface area contributed by atoms with Crippen LogP contribution < -0.4 is 5.90 Å². The van der Waals surface area contributed by atoms with E-state index in [-0.39, 0.29) is 44.2 Å². The van der Waals surface area contributed by atoms with Gasteiger partial charge in [0.1, 0.15) is 0 Å². The predicted octanol–water partition coefficient (Wildman–Crippen LogP) is 3.64. The second kappa shape index (κ2) is 11.1. The van der Waals surface area contributed by atoms with Gasteiger partial charge in [0.2, 0.25) is 0 Å². The van der Waals surface area contributed by atoms with Crippen molar-refractivity contribution in [3.63, 3.8) is 0 Å². The van der Waals surface area contributed by atoms with Gasteiger partial charge in [-0.15, -0.1) is 0 Å². The first-order chi connectivity index (χ1) is 7.90. The fraction of sp³-hybridized carbons (Fsp3) is 0.533. The van der Waals surface area contributed by atoms with Crippen molar-refractivity contribution < 1.29 is 37.5 Å². The maximum atomic E-state index is 5.11. The van der Waals surface area contributed by atoms with E-state index in [9.17, 15) is 0 Å². The van der Waals surface area contributed by atoms with Crippen LogP contribution in [0.4, 0.5) is 0 Å². The van der Waals surface area contributed by atoms with E-state index in [4.69, 9.17) is 10.7 Å². The molecule has 0 saturated carbocycles. The molecule has 0 fully saturated rings. The largest absolute Gasteiger partial charge is 0.341 e. The Balaban J connectivity index is 0. The number of nitrogens with two attached hydrogens (primary N) is 1. The molecule has 1 aromatic rings. The van der Waals surface area contributed by atoms with Gasteiger partial charge in [0.05, 0.1) is 6.10 Å². The van der Waals surface area contributed by atoms with Crippen molar-refractivity contribution in [2.24, 2.45) is 17.2 Å². The molecule has 2 unspecified atom stereocenters. The Bertz CT molecular complexity index is 248. The summed E-state index contributed by atoms with van der Waals surface area (Å²) < 4.78 is 0. The molecule has 2 N–H and O–H groups in total. The fourth-order valence-corrected chi connectivity index (χ4v) is 1.59. The van der Waals surface area contributed by atoms with Crippen LogP contribution >= 0.6 is 0 Å². The number of hydrogen-bond donors (Lipinski definition) is 1. The van der Waals surface area contributed by atoms with E-state index in [1.165, 1.54) is 0 Å². The monoisotopic (exact) mass is 324 g/mol. The summed E-state index contributed by atoms with van der Waals surface area (Å²) in [4.78, 5) is 4.79. The van der Waals surface area contributed by atoms with Gasteiger partial charge >= 0.3 is 0 Å². The van der Waals surface area contributed by atoms with Gasteiger partial charge in [-0.2, -0.15) is 42.3 Å². The number of benzene rings is 1. The van der Waals surface area contributed by atoms with E-state index in [0.29, 0.717) is 5.92 Å². The summed E-state index contributed by atoms with van der Waals surface area (Å²) in [6.45, 7) is 12.3. The van der Waals surface area contributed by atoms with E-state index >= 15 is 0 Å². The van der Waals surface area contributed by atoms with E-state index < -0.39 is 0 Å². The maximum absolute atomic E-state index is 5.11. The van der Waals surface area contributed by atoms with Crippen LogP contribution in [0.1, 0.15) is 34.1 Å². The molecule has 0 amide bonds. The second-order valence-electron chi connectivity index (χ2n) is 5.15. The summed E-state index contributed by atoms with van der Waals surface area (Å²) >= 11 is 0. The van der Waals surface area contributed by atoms with E-state index in [1.54, 1.807) is 0 Å². The summed E-state index contributed by atoms with van der Waals surface area (Å²) in [6, 6.07) is 12.5. The van der Waals surface area contributed by atoms with Gasteiger partial charge in [-0.05, 0) is 12.3 Å². The van der Waals surface area contributed by atoms with Gasteiger partial charge in [-0.1, -0.05) is 27.2 Å². The molecule has 0 saturated heterocycles. The Hall–Kier alpha value is 0.244. The average molecular weight is 324 g/mol. The molecule has 0 heterocycles. The molecule has 0 aliphatic heterocycles. The smallest absolute Gasteiger partial charge is 0.0809 e. The molecule has 0 aromatic heterocycles. The molecule has 2 atom stereocenters. The average Bonchev–Trinajstić information content (AvgIpc) is 2.29. The van der Waals surface area contributed by atoms with Gasteiger partial charge in [0, 0.05) is 32.7 Å². The van der Waals surface area contributed by atoms with Gasteiger partial charge < -0.3 is 11.8 Å². The Morgan fingerprint density at radius 2 is 1.72 bits per heavy atom. The van der Waals surface area contributed by atoms with Crippen LogP contribution in [-0.2, 0) is 37.5 Å². The summed E-state index contributed by atoms with van der Waals surface area (Å²) in [7, 11) is 0. The minimum atomic E-state index is 0. The minimum Gasteiger partial charge on any atom is -0.341 e. The molecule has 1 aromatic carbocycles. The summed E-state index contributed by atoms with van der Waals surface area (Å²) in [5, 5.41) is 0. The van der Waals surface area contributed by atoms with Crippen LogP contribution in [0.15, 0.2) is 30.3 Å². The normalized spacial score (nSPS) is 13.7. The van der Waals surface area contributed by atoms with E-state index in [0.717, 1.165) is 6.42 Å². The van der Waals surface area contributed by atoms with Gasteiger partial charge in [0.15, 0.2) is 0 Å². The summed E-state index contributed by atoms with van der Waals surface area (Å²) in [5.41, 5.74) is 0.121. The Morgan fingerprint density at radius 1 is 1.22 bits per heavy atom. The molecule has 0 spiro atoms. The van der Waals surface area contributed by atoms with Crippen molar-refractivity contribution in [2.75, 3.05) is 0 Å². The van der Waals surface area contributed by atoms with Gasteiger partial charge in [0.25, 0.3) is 0 Å².